The van der Waals surface area contributed by atoms with Crippen molar-refractivity contribution in [2.75, 3.05) is 11.5 Å². The monoisotopic (exact) mass is 481 g/mol. The number of ether oxygens (including phenoxy) is 1. The van der Waals surface area contributed by atoms with Gasteiger partial charge in [-0.15, -0.1) is 0 Å². The van der Waals surface area contributed by atoms with Crippen LogP contribution in [0.2, 0.25) is 5.02 Å². The van der Waals surface area contributed by atoms with Crippen LogP contribution in [0.3, 0.4) is 0 Å². The van der Waals surface area contributed by atoms with Crippen LogP contribution in [-0.4, -0.2) is 29.4 Å². The van der Waals surface area contributed by atoms with Crippen LogP contribution in [0, 0.1) is 10.1 Å². The van der Waals surface area contributed by atoms with Gasteiger partial charge in [0.25, 0.3) is 17.5 Å². The Labute approximate surface area is 197 Å². The zero-order chi connectivity index (χ0) is 24.4. The van der Waals surface area contributed by atoms with Crippen LogP contribution >= 0.6 is 11.6 Å². The summed E-state index contributed by atoms with van der Waals surface area (Å²) >= 11 is 6.14. The summed E-state index contributed by atoms with van der Waals surface area (Å²) in [7, 11) is 0. The molecule has 0 atom stereocenters. The predicted octanol–water partition coefficient (Wildman–Crippen LogP) is 4.57. The second kappa shape index (κ2) is 9.20. The van der Waals surface area contributed by atoms with Crippen LogP contribution in [0.5, 0.6) is 5.75 Å². The number of halogens is 1. The largest absolute Gasteiger partial charge is 0.494 e. The third kappa shape index (κ3) is 4.39. The van der Waals surface area contributed by atoms with E-state index >= 15 is 0 Å². The first-order valence-corrected chi connectivity index (χ1v) is 10.3. The fourth-order valence-corrected chi connectivity index (χ4v) is 3.55. The first kappa shape index (κ1) is 22.7. The lowest BCUT2D eigenvalue weighted by atomic mass is 10.1. The van der Waals surface area contributed by atoms with E-state index in [1.165, 1.54) is 42.5 Å². The van der Waals surface area contributed by atoms with Crippen molar-refractivity contribution in [2.24, 2.45) is 0 Å². The summed E-state index contributed by atoms with van der Waals surface area (Å²) < 4.78 is 11.0. The maximum atomic E-state index is 13.0. The van der Waals surface area contributed by atoms with Crippen LogP contribution < -0.4 is 15.0 Å². The molecule has 0 radical (unpaired) electrons. The van der Waals surface area contributed by atoms with E-state index in [-0.39, 0.29) is 33.5 Å². The van der Waals surface area contributed by atoms with Crippen molar-refractivity contribution in [3.63, 3.8) is 0 Å². The number of amides is 4. The van der Waals surface area contributed by atoms with Crippen molar-refractivity contribution in [1.82, 2.24) is 5.32 Å². The molecule has 4 amide bonds. The number of imide groups is 2. The number of furan rings is 1. The Morgan fingerprint density at radius 3 is 2.50 bits per heavy atom. The number of hydrogen-bond acceptors (Lipinski definition) is 7. The number of carbonyl (C=O) groups is 3. The second-order valence-corrected chi connectivity index (χ2v) is 7.42. The van der Waals surface area contributed by atoms with Crippen LogP contribution in [-0.2, 0) is 9.59 Å². The van der Waals surface area contributed by atoms with Crippen LogP contribution in [0.4, 0.5) is 16.2 Å². The minimum atomic E-state index is -0.880. The van der Waals surface area contributed by atoms with Gasteiger partial charge in [-0.2, -0.15) is 0 Å². The van der Waals surface area contributed by atoms with Gasteiger partial charge in [-0.25, -0.2) is 9.69 Å². The lowest BCUT2D eigenvalue weighted by Crippen LogP contribution is -2.54. The van der Waals surface area contributed by atoms with Crippen molar-refractivity contribution in [1.29, 1.82) is 0 Å². The van der Waals surface area contributed by atoms with Gasteiger partial charge < -0.3 is 9.15 Å². The summed E-state index contributed by atoms with van der Waals surface area (Å²) in [5, 5.41) is 13.1. The van der Waals surface area contributed by atoms with E-state index in [0.717, 1.165) is 4.90 Å². The summed E-state index contributed by atoms with van der Waals surface area (Å²) in [5.41, 5.74) is 0.153. The average molecular weight is 482 g/mol. The number of nitro benzene ring substituents is 1. The molecule has 0 aliphatic carbocycles. The Balaban J connectivity index is 1.63. The normalized spacial score (nSPS) is 14.9. The van der Waals surface area contributed by atoms with Gasteiger partial charge in [0.2, 0.25) is 0 Å². The molecule has 0 unspecified atom stereocenters. The number of barbiturate groups is 1. The number of carbonyl (C=O) groups excluding carboxylic acids is 3. The van der Waals surface area contributed by atoms with Crippen molar-refractivity contribution < 1.29 is 28.5 Å². The van der Waals surface area contributed by atoms with Crippen LogP contribution in [0.25, 0.3) is 17.4 Å². The van der Waals surface area contributed by atoms with Crippen molar-refractivity contribution >= 4 is 46.9 Å². The standard InChI is InChI=1S/C23H16ClN3O7/c1-2-33-15-6-3-13(4-7-15)26-22(29)18(21(28)25-23(26)30)12-16-8-10-20(34-16)17-9-5-14(27(31)32)11-19(17)24/h3-12H,2H2,1H3,(H,25,28,30)/b18-12+. The Morgan fingerprint density at radius 2 is 1.85 bits per heavy atom. The summed E-state index contributed by atoms with van der Waals surface area (Å²) in [6, 6.07) is 12.3. The number of nitrogens with zero attached hydrogens (tertiary/aromatic N) is 2. The number of anilines is 1. The molecule has 10 nitrogen and oxygen atoms in total. The number of nitro groups is 1. The van der Waals surface area contributed by atoms with Gasteiger partial charge in [-0.05, 0) is 55.5 Å². The quantitative estimate of drug-likeness (QED) is 0.236. The number of hydrogen-bond donors (Lipinski definition) is 1. The molecule has 0 spiro atoms. The van der Waals surface area contributed by atoms with Crippen molar-refractivity contribution in [3.05, 3.63) is 81.1 Å². The minimum Gasteiger partial charge on any atom is -0.494 e. The predicted molar refractivity (Wildman–Crippen MR) is 122 cm³/mol. The van der Waals surface area contributed by atoms with Gasteiger partial charge in [0.15, 0.2) is 0 Å². The fraction of sp³-hybridized carbons (Fsp3) is 0.0870. The topological polar surface area (TPSA) is 132 Å². The fourth-order valence-electron chi connectivity index (χ4n) is 3.28. The highest BCUT2D eigenvalue weighted by molar-refractivity contribution is 6.39. The molecule has 0 saturated carbocycles. The van der Waals surface area contributed by atoms with Gasteiger partial charge in [-0.3, -0.25) is 25.0 Å². The highest BCUT2D eigenvalue weighted by Gasteiger charge is 2.37. The summed E-state index contributed by atoms with van der Waals surface area (Å²) in [5.74, 6) is -0.720. The van der Waals surface area contributed by atoms with Crippen molar-refractivity contribution in [2.45, 2.75) is 6.92 Å². The van der Waals surface area contributed by atoms with Gasteiger partial charge in [0, 0.05) is 17.7 Å². The summed E-state index contributed by atoms with van der Waals surface area (Å²) in [4.78, 5) is 48.9. The first-order valence-electron chi connectivity index (χ1n) is 9.97. The molecule has 1 fully saturated rings. The molecular formula is C23H16ClN3O7. The number of rotatable bonds is 6. The third-order valence-electron chi connectivity index (χ3n) is 4.85. The van der Waals surface area contributed by atoms with E-state index in [2.05, 4.69) is 5.32 Å². The number of non-ortho nitro benzene ring substituents is 1. The summed E-state index contributed by atoms with van der Waals surface area (Å²) in [6.07, 6.45) is 1.20. The Kier molecular flexibility index (Phi) is 6.15. The number of urea groups is 1. The average Bonchev–Trinajstić information content (AvgIpc) is 3.26. The number of benzene rings is 2. The zero-order valence-electron chi connectivity index (χ0n) is 17.6. The Bertz CT molecular complexity index is 1340. The molecule has 1 aliphatic heterocycles. The molecule has 1 N–H and O–H groups in total. The second-order valence-electron chi connectivity index (χ2n) is 7.01. The molecule has 3 aromatic rings. The highest BCUT2D eigenvalue weighted by Crippen LogP contribution is 2.33. The molecule has 34 heavy (non-hydrogen) atoms. The highest BCUT2D eigenvalue weighted by atomic mass is 35.5. The molecule has 2 heterocycles. The van der Waals surface area contributed by atoms with E-state index in [4.69, 9.17) is 20.8 Å². The van der Waals surface area contributed by atoms with Gasteiger partial charge in [0.1, 0.15) is 22.8 Å². The third-order valence-corrected chi connectivity index (χ3v) is 5.16. The zero-order valence-corrected chi connectivity index (χ0v) is 18.4. The molecule has 1 saturated heterocycles. The molecule has 0 bridgehead atoms. The van der Waals surface area contributed by atoms with Gasteiger partial charge in [0.05, 0.1) is 22.2 Å². The Morgan fingerprint density at radius 1 is 1.12 bits per heavy atom. The number of nitrogens with one attached hydrogen (secondary N) is 1. The van der Waals surface area contributed by atoms with E-state index < -0.39 is 22.8 Å². The van der Waals surface area contributed by atoms with E-state index in [1.807, 2.05) is 6.92 Å². The molecular weight excluding hydrogens is 466 g/mol. The van der Waals surface area contributed by atoms with Gasteiger partial charge >= 0.3 is 6.03 Å². The Hall–Kier alpha value is -4.44. The molecule has 2 aromatic carbocycles. The lowest BCUT2D eigenvalue weighted by molar-refractivity contribution is -0.384. The minimum absolute atomic E-state index is 0.0986. The van der Waals surface area contributed by atoms with E-state index in [1.54, 1.807) is 18.2 Å². The van der Waals surface area contributed by atoms with Crippen LogP contribution in [0.15, 0.2) is 64.6 Å². The molecule has 1 aromatic heterocycles. The van der Waals surface area contributed by atoms with Crippen LogP contribution in [0.1, 0.15) is 12.7 Å². The molecule has 4 rings (SSSR count). The van der Waals surface area contributed by atoms with Crippen molar-refractivity contribution in [3.8, 4) is 17.1 Å². The molecule has 11 heteroatoms. The molecule has 172 valence electrons. The SMILES string of the molecule is CCOc1ccc(N2C(=O)NC(=O)/C(=C\c3ccc(-c4ccc([N+](=O)[O-])cc4Cl)o3)C2=O)cc1. The maximum absolute atomic E-state index is 13.0. The van der Waals surface area contributed by atoms with Gasteiger partial charge in [-0.1, -0.05) is 11.6 Å². The smallest absolute Gasteiger partial charge is 0.335 e. The first-order chi connectivity index (χ1) is 16.3. The summed E-state index contributed by atoms with van der Waals surface area (Å²) in [6.45, 7) is 2.29. The van der Waals surface area contributed by atoms with E-state index in [9.17, 15) is 24.5 Å². The molecule has 1 aliphatic rings. The lowest BCUT2D eigenvalue weighted by Gasteiger charge is -2.26. The maximum Gasteiger partial charge on any atom is 0.335 e. The van der Waals surface area contributed by atoms with E-state index in [0.29, 0.717) is 17.9 Å².